The first kappa shape index (κ1) is 13.3. The molecular weight excluding hydrogens is 212 g/mol. The monoisotopic (exact) mass is 240 g/mol. The Morgan fingerprint density at radius 3 is 2.59 bits per heavy atom. The van der Waals surface area contributed by atoms with E-state index in [2.05, 4.69) is 17.1 Å². The van der Waals surface area contributed by atoms with Crippen molar-refractivity contribution in [3.05, 3.63) is 0 Å². The van der Waals surface area contributed by atoms with Crippen LogP contribution in [-0.2, 0) is 0 Å². The molecule has 2 fully saturated rings. The lowest BCUT2D eigenvalue weighted by Gasteiger charge is -2.33. The molecule has 0 bridgehead atoms. The minimum absolute atomic E-state index is 0.0301. The van der Waals surface area contributed by atoms with E-state index in [1.807, 2.05) is 0 Å². The molecule has 3 nitrogen and oxygen atoms in total. The van der Waals surface area contributed by atoms with Gasteiger partial charge in [-0.05, 0) is 64.2 Å². The summed E-state index contributed by atoms with van der Waals surface area (Å²) in [6.45, 7) is 7.06. The van der Waals surface area contributed by atoms with Crippen molar-refractivity contribution in [1.82, 2.24) is 10.2 Å². The molecule has 0 aromatic heterocycles. The largest absolute Gasteiger partial charge is 0.393 e. The first-order chi connectivity index (χ1) is 8.28. The van der Waals surface area contributed by atoms with Gasteiger partial charge in [0.15, 0.2) is 0 Å². The molecule has 0 amide bonds. The smallest absolute Gasteiger partial charge is 0.0543 e. The zero-order valence-electron chi connectivity index (χ0n) is 11.2. The van der Waals surface area contributed by atoms with E-state index in [1.54, 1.807) is 0 Å². The van der Waals surface area contributed by atoms with Crippen molar-refractivity contribution in [2.45, 2.75) is 57.6 Å². The molecule has 0 spiro atoms. The first-order valence-corrected chi connectivity index (χ1v) is 7.41. The van der Waals surface area contributed by atoms with Gasteiger partial charge in [0.2, 0.25) is 0 Å². The van der Waals surface area contributed by atoms with Gasteiger partial charge in [0.25, 0.3) is 0 Å². The lowest BCUT2D eigenvalue weighted by molar-refractivity contribution is 0.0978. The van der Waals surface area contributed by atoms with Gasteiger partial charge in [-0.2, -0.15) is 0 Å². The third-order valence-electron chi connectivity index (χ3n) is 4.49. The normalized spacial score (nSPS) is 32.8. The predicted octanol–water partition coefficient (Wildman–Crippen LogP) is 1.61. The Hall–Kier alpha value is -0.120. The molecule has 1 saturated carbocycles. The quantitative estimate of drug-likeness (QED) is 0.784. The fourth-order valence-corrected chi connectivity index (χ4v) is 3.23. The van der Waals surface area contributed by atoms with Crippen LogP contribution < -0.4 is 5.32 Å². The fourth-order valence-electron chi connectivity index (χ4n) is 3.23. The van der Waals surface area contributed by atoms with Crippen LogP contribution in [-0.4, -0.2) is 48.3 Å². The van der Waals surface area contributed by atoms with Crippen molar-refractivity contribution in [3.8, 4) is 0 Å². The van der Waals surface area contributed by atoms with Crippen molar-refractivity contribution in [2.24, 2.45) is 5.92 Å². The van der Waals surface area contributed by atoms with Gasteiger partial charge in [-0.1, -0.05) is 13.3 Å². The van der Waals surface area contributed by atoms with Crippen molar-refractivity contribution in [1.29, 1.82) is 0 Å². The fraction of sp³-hybridized carbons (Fsp3) is 1.00. The maximum atomic E-state index is 9.65. The zero-order chi connectivity index (χ0) is 12.1. The topological polar surface area (TPSA) is 35.5 Å². The van der Waals surface area contributed by atoms with Crippen LogP contribution in [0.1, 0.15) is 45.4 Å². The molecule has 17 heavy (non-hydrogen) atoms. The van der Waals surface area contributed by atoms with Crippen LogP contribution in [0.3, 0.4) is 0 Å². The average Bonchev–Trinajstić information content (AvgIpc) is 2.37. The summed E-state index contributed by atoms with van der Waals surface area (Å²) in [5, 5.41) is 13.4. The predicted molar refractivity (Wildman–Crippen MR) is 71.1 cm³/mol. The van der Waals surface area contributed by atoms with Crippen LogP contribution in [0.5, 0.6) is 0 Å². The van der Waals surface area contributed by atoms with Crippen LogP contribution in [0.25, 0.3) is 0 Å². The van der Waals surface area contributed by atoms with Crippen LogP contribution in [0.4, 0.5) is 0 Å². The molecule has 2 N–H and O–H groups in total. The molecule has 0 aromatic rings. The summed E-state index contributed by atoms with van der Waals surface area (Å²) in [4.78, 5) is 2.53. The van der Waals surface area contributed by atoms with E-state index >= 15 is 0 Å². The molecule has 0 aromatic carbocycles. The standard InChI is InChI=1S/C14H28N2O/c1-2-16-8-6-13(7-9-16)15-11-12-4-3-5-14(17)10-12/h12-15,17H,2-11H2,1H3. The lowest BCUT2D eigenvalue weighted by atomic mass is 9.87. The van der Waals surface area contributed by atoms with E-state index < -0.39 is 0 Å². The Balaban J connectivity index is 1.62. The van der Waals surface area contributed by atoms with Crippen molar-refractivity contribution in [3.63, 3.8) is 0 Å². The third-order valence-corrected chi connectivity index (χ3v) is 4.49. The van der Waals surface area contributed by atoms with Gasteiger partial charge in [-0.25, -0.2) is 0 Å². The number of likely N-dealkylation sites (tertiary alicyclic amines) is 1. The van der Waals surface area contributed by atoms with E-state index in [-0.39, 0.29) is 6.10 Å². The summed E-state index contributed by atoms with van der Waals surface area (Å²) in [6, 6.07) is 0.719. The van der Waals surface area contributed by atoms with E-state index in [0.29, 0.717) is 5.92 Å². The molecule has 100 valence electrons. The van der Waals surface area contributed by atoms with Crippen LogP contribution in [0.15, 0.2) is 0 Å². The van der Waals surface area contributed by atoms with Gasteiger partial charge in [-0.3, -0.25) is 0 Å². The Bertz CT molecular complexity index is 214. The summed E-state index contributed by atoms with van der Waals surface area (Å²) in [6.07, 6.45) is 7.11. The number of rotatable bonds is 4. The molecule has 2 rings (SSSR count). The highest BCUT2D eigenvalue weighted by molar-refractivity contribution is 4.80. The van der Waals surface area contributed by atoms with Crippen LogP contribution in [0.2, 0.25) is 0 Å². The Kier molecular flexibility index (Phi) is 5.26. The maximum Gasteiger partial charge on any atom is 0.0543 e. The van der Waals surface area contributed by atoms with Gasteiger partial charge in [0.05, 0.1) is 6.10 Å². The second-order valence-electron chi connectivity index (χ2n) is 5.80. The van der Waals surface area contributed by atoms with Gasteiger partial charge in [-0.15, -0.1) is 0 Å². The highest BCUT2D eigenvalue weighted by Gasteiger charge is 2.22. The lowest BCUT2D eigenvalue weighted by Crippen LogP contribution is -2.44. The second kappa shape index (κ2) is 6.72. The molecular formula is C14H28N2O. The van der Waals surface area contributed by atoms with Crippen LogP contribution >= 0.6 is 0 Å². The van der Waals surface area contributed by atoms with E-state index in [9.17, 15) is 5.11 Å². The van der Waals surface area contributed by atoms with Crippen molar-refractivity contribution in [2.75, 3.05) is 26.2 Å². The highest BCUT2D eigenvalue weighted by atomic mass is 16.3. The number of nitrogens with one attached hydrogen (secondary N) is 1. The van der Waals surface area contributed by atoms with Gasteiger partial charge < -0.3 is 15.3 Å². The average molecular weight is 240 g/mol. The highest BCUT2D eigenvalue weighted by Crippen LogP contribution is 2.24. The van der Waals surface area contributed by atoms with Gasteiger partial charge in [0, 0.05) is 6.04 Å². The summed E-state index contributed by atoms with van der Waals surface area (Å²) >= 11 is 0. The molecule has 1 saturated heterocycles. The van der Waals surface area contributed by atoms with Crippen molar-refractivity contribution < 1.29 is 5.11 Å². The SMILES string of the molecule is CCN1CCC(NCC2CCCC(O)C2)CC1. The van der Waals surface area contributed by atoms with Gasteiger partial charge in [0.1, 0.15) is 0 Å². The Morgan fingerprint density at radius 1 is 1.18 bits per heavy atom. The summed E-state index contributed by atoms with van der Waals surface area (Å²) in [5.41, 5.74) is 0. The molecule has 2 aliphatic rings. The molecule has 1 heterocycles. The first-order valence-electron chi connectivity index (χ1n) is 7.41. The molecule has 1 aliphatic heterocycles. The second-order valence-corrected chi connectivity index (χ2v) is 5.80. The molecule has 3 heteroatoms. The molecule has 0 radical (unpaired) electrons. The van der Waals surface area contributed by atoms with Gasteiger partial charge >= 0.3 is 0 Å². The Morgan fingerprint density at radius 2 is 1.94 bits per heavy atom. The van der Waals surface area contributed by atoms with Crippen LogP contribution in [0, 0.1) is 5.92 Å². The molecule has 2 atom stereocenters. The Labute approximate surface area is 106 Å². The molecule has 2 unspecified atom stereocenters. The molecule has 1 aliphatic carbocycles. The number of hydrogen-bond donors (Lipinski definition) is 2. The number of piperidine rings is 1. The zero-order valence-corrected chi connectivity index (χ0v) is 11.2. The number of nitrogens with zero attached hydrogens (tertiary/aromatic N) is 1. The number of hydrogen-bond acceptors (Lipinski definition) is 3. The van der Waals surface area contributed by atoms with E-state index in [0.717, 1.165) is 25.4 Å². The number of aliphatic hydroxyl groups excluding tert-OH is 1. The minimum atomic E-state index is -0.0301. The van der Waals surface area contributed by atoms with Crippen molar-refractivity contribution >= 4 is 0 Å². The van der Waals surface area contributed by atoms with E-state index in [4.69, 9.17) is 0 Å². The summed E-state index contributed by atoms with van der Waals surface area (Å²) in [5.74, 6) is 0.711. The summed E-state index contributed by atoms with van der Waals surface area (Å²) in [7, 11) is 0. The summed E-state index contributed by atoms with van der Waals surface area (Å²) < 4.78 is 0. The number of aliphatic hydroxyl groups is 1. The third kappa shape index (κ3) is 4.23. The maximum absolute atomic E-state index is 9.65. The minimum Gasteiger partial charge on any atom is -0.393 e. The van der Waals surface area contributed by atoms with E-state index in [1.165, 1.54) is 45.3 Å².